The van der Waals surface area contributed by atoms with Crippen molar-refractivity contribution in [1.82, 2.24) is 10.6 Å². The van der Waals surface area contributed by atoms with Gasteiger partial charge in [0.1, 0.15) is 12.9 Å². The predicted octanol–water partition coefficient (Wildman–Crippen LogP) is -0.657. The molecular formula is C6H14FN2O4P. The molecule has 0 spiro atoms. The average molecular weight is 228 g/mol. The lowest BCUT2D eigenvalue weighted by atomic mass is 10.1. The highest BCUT2D eigenvalue weighted by molar-refractivity contribution is 7.46. The van der Waals surface area contributed by atoms with Gasteiger partial charge in [-0.05, 0) is 13.0 Å². The van der Waals surface area contributed by atoms with Gasteiger partial charge in [-0.15, -0.1) is 0 Å². The molecule has 0 aromatic rings. The molecule has 1 aliphatic heterocycles. The number of phosphoric ester groups is 1. The molecule has 0 bridgehead atoms. The lowest BCUT2D eigenvalue weighted by Gasteiger charge is -2.27. The second kappa shape index (κ2) is 5.16. The Kier molecular flexibility index (Phi) is 4.43. The number of hydrogen-bond donors (Lipinski definition) is 4. The van der Waals surface area contributed by atoms with Gasteiger partial charge in [0.2, 0.25) is 0 Å². The van der Waals surface area contributed by atoms with E-state index in [1.807, 2.05) is 0 Å². The maximum Gasteiger partial charge on any atom is 0.470 e. The number of rotatable bonds is 4. The number of nitrogens with one attached hydrogen (secondary N) is 2. The molecule has 14 heavy (non-hydrogen) atoms. The molecule has 84 valence electrons. The first-order valence-corrected chi connectivity index (χ1v) is 5.80. The summed E-state index contributed by atoms with van der Waals surface area (Å²) in [5, 5.41) is 5.46. The van der Waals surface area contributed by atoms with Crippen LogP contribution in [0.25, 0.3) is 0 Å². The molecule has 0 radical (unpaired) electrons. The van der Waals surface area contributed by atoms with Crippen LogP contribution >= 0.6 is 7.82 Å². The molecule has 0 aromatic carbocycles. The molecule has 1 aliphatic rings. The zero-order valence-electron chi connectivity index (χ0n) is 7.52. The lowest BCUT2D eigenvalue weighted by Crippen LogP contribution is -2.49. The smallest absolute Gasteiger partial charge is 0.314 e. The van der Waals surface area contributed by atoms with Crippen molar-refractivity contribution in [1.29, 1.82) is 0 Å². The summed E-state index contributed by atoms with van der Waals surface area (Å²) < 4.78 is 27.5. The van der Waals surface area contributed by atoms with Crippen LogP contribution in [0.5, 0.6) is 0 Å². The van der Waals surface area contributed by atoms with Crippen molar-refractivity contribution < 1.29 is 23.3 Å². The van der Waals surface area contributed by atoms with Crippen molar-refractivity contribution in [3.8, 4) is 0 Å². The summed E-state index contributed by atoms with van der Waals surface area (Å²) >= 11 is 0. The molecule has 1 saturated heterocycles. The van der Waals surface area contributed by atoms with Gasteiger partial charge in [-0.3, -0.25) is 9.84 Å². The van der Waals surface area contributed by atoms with E-state index in [1.54, 1.807) is 0 Å². The third kappa shape index (κ3) is 4.45. The molecule has 4 N–H and O–H groups in total. The molecule has 6 nitrogen and oxygen atoms in total. The summed E-state index contributed by atoms with van der Waals surface area (Å²) in [7, 11) is -4.45. The minimum absolute atomic E-state index is 0.258. The van der Waals surface area contributed by atoms with E-state index >= 15 is 0 Å². The average Bonchev–Trinajstić information content (AvgIpc) is 2.06. The van der Waals surface area contributed by atoms with Crippen molar-refractivity contribution in [2.75, 3.05) is 19.8 Å². The van der Waals surface area contributed by atoms with Crippen LogP contribution < -0.4 is 10.6 Å². The molecule has 2 atom stereocenters. The lowest BCUT2D eigenvalue weighted by molar-refractivity contribution is 0.139. The maximum absolute atomic E-state index is 13.1. The predicted molar refractivity (Wildman–Crippen MR) is 47.3 cm³/mol. The fourth-order valence-corrected chi connectivity index (χ4v) is 1.52. The Bertz CT molecular complexity index is 224. The number of hydrogen-bond acceptors (Lipinski definition) is 4. The second-order valence-corrected chi connectivity index (χ2v) is 4.32. The standard InChI is InChI=1S/C6H14FN2O4P/c7-5-3-8-2-1-6(5)9-4-13-14(10,11)12/h5-6,8-9H,1-4H2,(H2,10,11,12). The highest BCUT2D eigenvalue weighted by Crippen LogP contribution is 2.34. The van der Waals surface area contributed by atoms with E-state index in [1.165, 1.54) is 0 Å². The van der Waals surface area contributed by atoms with Gasteiger partial charge in [0.25, 0.3) is 0 Å². The van der Waals surface area contributed by atoms with Gasteiger partial charge in [-0.2, -0.15) is 0 Å². The number of piperidine rings is 1. The highest BCUT2D eigenvalue weighted by Gasteiger charge is 2.24. The van der Waals surface area contributed by atoms with Crippen LogP contribution in [0.4, 0.5) is 4.39 Å². The van der Waals surface area contributed by atoms with E-state index in [4.69, 9.17) is 9.79 Å². The van der Waals surface area contributed by atoms with Crippen LogP contribution in [0.3, 0.4) is 0 Å². The molecule has 1 heterocycles. The Morgan fingerprint density at radius 1 is 1.64 bits per heavy atom. The first-order valence-electron chi connectivity index (χ1n) is 4.27. The molecule has 1 fully saturated rings. The summed E-state index contributed by atoms with van der Waals surface area (Å²) in [5.41, 5.74) is 0. The van der Waals surface area contributed by atoms with Crippen molar-refractivity contribution in [3.63, 3.8) is 0 Å². The normalized spacial score (nSPS) is 29.1. The van der Waals surface area contributed by atoms with Crippen LogP contribution in [-0.2, 0) is 9.09 Å². The van der Waals surface area contributed by atoms with Crippen LogP contribution in [0.15, 0.2) is 0 Å². The highest BCUT2D eigenvalue weighted by atomic mass is 31.2. The Morgan fingerprint density at radius 2 is 2.36 bits per heavy atom. The van der Waals surface area contributed by atoms with E-state index in [2.05, 4.69) is 15.2 Å². The van der Waals surface area contributed by atoms with Gasteiger partial charge in [0.15, 0.2) is 0 Å². The number of halogens is 1. The van der Waals surface area contributed by atoms with E-state index in [0.29, 0.717) is 13.0 Å². The maximum atomic E-state index is 13.1. The first kappa shape index (κ1) is 12.0. The van der Waals surface area contributed by atoms with Crippen LogP contribution in [-0.4, -0.2) is 41.8 Å². The number of alkyl halides is 1. The van der Waals surface area contributed by atoms with Crippen LogP contribution in [0.2, 0.25) is 0 Å². The third-order valence-electron chi connectivity index (χ3n) is 1.99. The van der Waals surface area contributed by atoms with Gasteiger partial charge in [-0.1, -0.05) is 0 Å². The van der Waals surface area contributed by atoms with E-state index in [-0.39, 0.29) is 13.3 Å². The van der Waals surface area contributed by atoms with E-state index in [0.717, 1.165) is 0 Å². The number of phosphoric acid groups is 1. The molecule has 0 amide bonds. The monoisotopic (exact) mass is 228 g/mol. The van der Waals surface area contributed by atoms with Gasteiger partial charge < -0.3 is 15.1 Å². The summed E-state index contributed by atoms with van der Waals surface area (Å²) in [5.74, 6) is 0. The second-order valence-electron chi connectivity index (χ2n) is 3.08. The topological polar surface area (TPSA) is 90.8 Å². The van der Waals surface area contributed by atoms with Crippen molar-refractivity contribution in [2.24, 2.45) is 0 Å². The van der Waals surface area contributed by atoms with Gasteiger partial charge in [0, 0.05) is 12.6 Å². The van der Waals surface area contributed by atoms with Crippen LogP contribution in [0.1, 0.15) is 6.42 Å². The Balaban J connectivity index is 2.20. The van der Waals surface area contributed by atoms with E-state index in [9.17, 15) is 8.96 Å². The Labute approximate surface area is 81.1 Å². The zero-order chi connectivity index (χ0) is 10.6. The van der Waals surface area contributed by atoms with Gasteiger partial charge >= 0.3 is 7.82 Å². The minimum atomic E-state index is -4.45. The van der Waals surface area contributed by atoms with Crippen molar-refractivity contribution in [2.45, 2.75) is 18.6 Å². The van der Waals surface area contributed by atoms with Gasteiger partial charge in [0.05, 0.1) is 0 Å². The van der Waals surface area contributed by atoms with E-state index < -0.39 is 20.0 Å². The van der Waals surface area contributed by atoms with Crippen LogP contribution in [0, 0.1) is 0 Å². The third-order valence-corrected chi connectivity index (χ3v) is 2.45. The summed E-state index contributed by atoms with van der Waals surface area (Å²) in [6.07, 6.45) is -0.477. The summed E-state index contributed by atoms with van der Waals surface area (Å²) in [4.78, 5) is 16.7. The molecular weight excluding hydrogens is 214 g/mol. The fraction of sp³-hybridized carbons (Fsp3) is 1.00. The quantitative estimate of drug-likeness (QED) is 0.377. The fourth-order valence-electron chi connectivity index (χ4n) is 1.28. The minimum Gasteiger partial charge on any atom is -0.314 e. The van der Waals surface area contributed by atoms with Crippen molar-refractivity contribution in [3.05, 3.63) is 0 Å². The molecule has 2 unspecified atom stereocenters. The molecule has 0 aromatic heterocycles. The Morgan fingerprint density at radius 3 is 2.93 bits per heavy atom. The molecule has 0 aliphatic carbocycles. The van der Waals surface area contributed by atoms with Crippen molar-refractivity contribution >= 4 is 7.82 Å². The summed E-state index contributed by atoms with van der Waals surface area (Å²) in [6, 6.07) is -0.400. The molecule has 0 saturated carbocycles. The Hall–Kier alpha value is -0.0400. The first-order chi connectivity index (χ1) is 6.49. The SMILES string of the molecule is O=P(O)(O)OCNC1CCNCC1F. The molecule has 8 heteroatoms. The zero-order valence-corrected chi connectivity index (χ0v) is 8.41. The van der Waals surface area contributed by atoms with Gasteiger partial charge in [-0.25, -0.2) is 8.96 Å². The largest absolute Gasteiger partial charge is 0.470 e. The molecule has 1 rings (SSSR count). The summed E-state index contributed by atoms with van der Waals surface area (Å²) in [6.45, 7) is 0.608.